The van der Waals surface area contributed by atoms with Gasteiger partial charge in [0.2, 0.25) is 0 Å². The fraction of sp³-hybridized carbons (Fsp3) is 0.469. The second-order valence-electron chi connectivity index (χ2n) is 17.9. The Morgan fingerprint density at radius 1 is 1.07 bits per heavy atom. The van der Waals surface area contributed by atoms with Gasteiger partial charge in [-0.05, 0) is 129 Å². The molecule has 0 radical (unpaired) electrons. The second kappa shape index (κ2) is 17.6. The van der Waals surface area contributed by atoms with Gasteiger partial charge in [0, 0.05) is 53.2 Å². The normalized spacial score (nSPS) is 30.0. The monoisotopic (exact) mass is 860 g/mol. The summed E-state index contributed by atoms with van der Waals surface area (Å²) in [5.41, 5.74) is 8.35. The van der Waals surface area contributed by atoms with Gasteiger partial charge in [0.25, 0.3) is 0 Å². The number of hydrogen-bond donors (Lipinski definition) is 8. The fourth-order valence-electron chi connectivity index (χ4n) is 11.1. The van der Waals surface area contributed by atoms with Crippen LogP contribution in [0.2, 0.25) is 0 Å². The van der Waals surface area contributed by atoms with Crippen LogP contribution < -0.4 is 16.4 Å². The minimum Gasteiger partial charge on any atom is -0.508 e. The molecule has 2 fully saturated rings. The highest BCUT2D eigenvalue weighted by atomic mass is 32.1. The van der Waals surface area contributed by atoms with Gasteiger partial charge in [-0.25, -0.2) is 0 Å². The van der Waals surface area contributed by atoms with Crippen LogP contribution in [0.1, 0.15) is 88.7 Å². The van der Waals surface area contributed by atoms with Crippen LogP contribution in [0.15, 0.2) is 65.7 Å². The molecule has 3 aliphatic carbocycles. The van der Waals surface area contributed by atoms with E-state index in [2.05, 4.69) is 45.4 Å². The van der Waals surface area contributed by atoms with Gasteiger partial charge in [-0.15, -0.1) is 28.6 Å². The number of ketones is 1. The molecule has 0 amide bonds. The molecule has 1 spiro atoms. The van der Waals surface area contributed by atoms with Crippen LogP contribution in [0.25, 0.3) is 9.75 Å². The molecule has 3 heterocycles. The number of hydrogen-bond acceptors (Lipinski definition) is 10. The van der Waals surface area contributed by atoms with E-state index in [0.29, 0.717) is 54.7 Å². The number of benzene rings is 2. The maximum atomic E-state index is 15.1. The fourth-order valence-corrected chi connectivity index (χ4v) is 13.1. The number of nitrogens with zero attached hydrogens (tertiary/aromatic N) is 1. The van der Waals surface area contributed by atoms with Crippen molar-refractivity contribution in [2.24, 2.45) is 45.7 Å². The Bertz CT molecular complexity index is 2430. The smallest absolute Gasteiger partial charge is 0.188 e. The lowest BCUT2D eigenvalue weighted by molar-refractivity contribution is 0.0134. The maximum Gasteiger partial charge on any atom is 0.188 e. The van der Waals surface area contributed by atoms with Gasteiger partial charge >= 0.3 is 0 Å². The molecule has 1 aliphatic heterocycles. The van der Waals surface area contributed by atoms with E-state index in [1.54, 1.807) is 37.4 Å². The third-order valence-corrected chi connectivity index (χ3v) is 16.4. The van der Waals surface area contributed by atoms with Gasteiger partial charge in [-0.2, -0.15) is 0 Å². The SMILES string of the molecule is CC#Cc1ccc(-c2ccc(C(=O)[C@H]3CC[C@@H]4C[C@]35C[C@H]([C@H](O)CO)[C@H](C5)[C@@H]3C#Cc5c(cc(O)cc5NC[C@@](C)(O)[C@@H](CO)c5cccc(c5)C3)C[C@H]4NC(N)=NC)s2)s1. The maximum absolute atomic E-state index is 15.1. The second-order valence-corrected chi connectivity index (χ2v) is 20.0. The number of thiophene rings is 2. The Morgan fingerprint density at radius 2 is 1.87 bits per heavy atom. The van der Waals surface area contributed by atoms with Crippen molar-refractivity contribution in [3.63, 3.8) is 0 Å². The predicted molar refractivity (Wildman–Crippen MR) is 243 cm³/mol. The summed E-state index contributed by atoms with van der Waals surface area (Å²) in [7, 11) is 1.64. The number of rotatable bonds is 7. The van der Waals surface area contributed by atoms with Crippen LogP contribution in [0.4, 0.5) is 5.69 Å². The molecule has 12 heteroatoms. The number of β-amino-alcohol motifs (C(OH)–C–C–N with tert-alkyl or cyclic N) is 1. The first-order chi connectivity index (χ1) is 29.3. The van der Waals surface area contributed by atoms with E-state index in [1.165, 1.54) is 11.3 Å². The molecule has 61 heavy (non-hydrogen) atoms. The highest BCUT2D eigenvalue weighted by Crippen LogP contribution is 2.62. The van der Waals surface area contributed by atoms with Crippen molar-refractivity contribution in [2.75, 3.05) is 32.1 Å². The van der Waals surface area contributed by atoms with Gasteiger partial charge < -0.3 is 41.9 Å². The third kappa shape index (κ3) is 8.60. The molecule has 9 N–H and O–H groups in total. The zero-order valence-electron chi connectivity index (χ0n) is 34.9. The number of aliphatic hydroxyl groups excluding tert-OH is 3. The van der Waals surface area contributed by atoms with Gasteiger partial charge in [0.15, 0.2) is 11.7 Å². The Morgan fingerprint density at radius 3 is 2.64 bits per heavy atom. The summed E-state index contributed by atoms with van der Waals surface area (Å²) < 4.78 is 0. The van der Waals surface area contributed by atoms with Crippen LogP contribution in [0.5, 0.6) is 5.75 Å². The number of phenols is 1. The highest BCUT2D eigenvalue weighted by Gasteiger charge is 2.57. The highest BCUT2D eigenvalue weighted by molar-refractivity contribution is 7.23. The van der Waals surface area contributed by atoms with Crippen molar-refractivity contribution in [3.8, 4) is 39.2 Å². The predicted octanol–water partition coefficient (Wildman–Crippen LogP) is 6.14. The Balaban J connectivity index is 1.29. The van der Waals surface area contributed by atoms with Crippen molar-refractivity contribution < 1.29 is 30.3 Å². The largest absolute Gasteiger partial charge is 0.508 e. The number of aliphatic imine (C=N–C) groups is 1. The lowest BCUT2D eigenvalue weighted by Gasteiger charge is -2.47. The van der Waals surface area contributed by atoms with E-state index in [4.69, 9.17) is 5.73 Å². The topological polar surface area (TPSA) is 181 Å². The molecule has 10 nitrogen and oxygen atoms in total. The molecule has 8 rings (SSSR count). The van der Waals surface area contributed by atoms with Gasteiger partial charge in [0.05, 0.1) is 45.9 Å². The van der Waals surface area contributed by atoms with Crippen LogP contribution in [0.3, 0.4) is 0 Å². The number of carbonyl (C=O) groups excluding carboxylic acids is 1. The number of nitrogens with two attached hydrogens (primary N) is 1. The molecular formula is C49H56N4O6S2. The molecule has 2 saturated carbocycles. The van der Waals surface area contributed by atoms with Crippen molar-refractivity contribution >= 4 is 40.1 Å². The zero-order chi connectivity index (χ0) is 43.1. The summed E-state index contributed by atoms with van der Waals surface area (Å²) in [5, 5.41) is 63.3. The molecule has 0 unspecified atom stereocenters. The lowest BCUT2D eigenvalue weighted by atomic mass is 9.58. The van der Waals surface area contributed by atoms with Crippen LogP contribution in [0, 0.1) is 58.7 Å². The minimum atomic E-state index is -1.39. The van der Waals surface area contributed by atoms with Crippen molar-refractivity contribution in [3.05, 3.63) is 92.7 Å². The molecule has 10 atom stereocenters. The molecule has 2 aromatic carbocycles. The van der Waals surface area contributed by atoms with E-state index < -0.39 is 29.6 Å². The first-order valence-corrected chi connectivity index (χ1v) is 23.0. The molecule has 4 aromatic rings. The van der Waals surface area contributed by atoms with E-state index in [-0.39, 0.29) is 66.3 Å². The van der Waals surface area contributed by atoms with Crippen molar-refractivity contribution in [1.29, 1.82) is 0 Å². The minimum absolute atomic E-state index is 0.0281. The number of carbonyl (C=O) groups is 1. The van der Waals surface area contributed by atoms with Crippen LogP contribution in [-0.2, 0) is 12.8 Å². The van der Waals surface area contributed by atoms with Crippen molar-refractivity contribution in [2.45, 2.75) is 82.5 Å². The number of fused-ring (bicyclic) bond motifs is 6. The lowest BCUT2D eigenvalue weighted by Crippen LogP contribution is -2.50. The quantitative estimate of drug-likeness (QED) is 0.0469. The summed E-state index contributed by atoms with van der Waals surface area (Å²) in [6.07, 6.45) is 3.17. The standard InChI is InChI=1S/C49H56N4O6S2/c1-4-6-34-11-14-43(60-34)44-15-16-45(61-44)46(58)38-13-10-31-22-49(38)23-36(37(24-49)42(57)26-55)29-9-12-35-32(20-40(31)53-47(50)51-3)19-33(56)21-41(35)52-27-48(2,59)39(25-54)30-8-5-7-28(17-29)18-30/h5,7-8,11,14-16,18-19,21,29,31,36-40,42,52,54-57,59H,10,13,17,20,22-27H2,1-3H3,(H3,50,51,53)/t29-,31-,36-,37+,38-,39+,40-,42-,48-,49+/m1/s1. The number of aliphatic hydroxyl groups is 4. The van der Waals surface area contributed by atoms with Gasteiger partial charge in [-0.3, -0.25) is 9.79 Å². The number of anilines is 1. The summed E-state index contributed by atoms with van der Waals surface area (Å²) >= 11 is 3.14. The van der Waals surface area contributed by atoms with E-state index in [0.717, 1.165) is 37.7 Å². The van der Waals surface area contributed by atoms with Gasteiger partial charge in [0.1, 0.15) is 5.75 Å². The molecular weight excluding hydrogens is 805 g/mol. The van der Waals surface area contributed by atoms with E-state index >= 15 is 4.79 Å². The average molecular weight is 861 g/mol. The number of guanidine groups is 1. The summed E-state index contributed by atoms with van der Waals surface area (Å²) in [6.45, 7) is 2.90. The average Bonchev–Trinajstić information content (AvgIpc) is 4.01. The number of Topliss-reactive ketones (excluding diaryl/α,β-unsaturated/α-hetero) is 1. The third-order valence-electron chi connectivity index (χ3n) is 14.1. The molecule has 0 saturated heterocycles. The number of aromatic hydroxyl groups is 1. The van der Waals surface area contributed by atoms with E-state index in [9.17, 15) is 25.5 Å². The zero-order valence-corrected chi connectivity index (χ0v) is 36.6. The number of phenolic OH excluding ortho intramolecular Hbond substituents is 1. The molecule has 2 aromatic heterocycles. The first-order valence-electron chi connectivity index (χ1n) is 21.3. The van der Waals surface area contributed by atoms with Crippen LogP contribution >= 0.6 is 22.7 Å². The molecule has 7 bridgehead atoms. The number of nitrogens with one attached hydrogen (secondary N) is 2. The Hall–Kier alpha value is -4.66. The Labute approximate surface area is 366 Å². The first kappa shape index (κ1) is 43.0. The molecule has 320 valence electrons. The van der Waals surface area contributed by atoms with Crippen LogP contribution in [-0.4, -0.2) is 81.8 Å². The summed E-state index contributed by atoms with van der Waals surface area (Å²) in [4.78, 5) is 23.2. The van der Waals surface area contributed by atoms with Gasteiger partial charge in [-0.1, -0.05) is 42.0 Å². The van der Waals surface area contributed by atoms with Crippen molar-refractivity contribution in [1.82, 2.24) is 5.32 Å². The Kier molecular flexibility index (Phi) is 12.4. The molecule has 4 aliphatic rings. The summed E-state index contributed by atoms with van der Waals surface area (Å²) in [5.74, 6) is 12.0. The summed E-state index contributed by atoms with van der Waals surface area (Å²) in [6, 6.07) is 19.2. The van der Waals surface area contributed by atoms with E-state index in [1.807, 2.05) is 49.4 Å².